The number of hydrogen-bond acceptors (Lipinski definition) is 6. The molecule has 9 heteroatoms. The monoisotopic (exact) mass is 390 g/mol. The van der Waals surface area contributed by atoms with Gasteiger partial charge < -0.3 is 18.9 Å². The van der Waals surface area contributed by atoms with Crippen LogP contribution in [0.1, 0.15) is 39.7 Å². The summed E-state index contributed by atoms with van der Waals surface area (Å²) >= 11 is 0. The van der Waals surface area contributed by atoms with E-state index in [4.69, 9.17) is 9.47 Å². The fraction of sp³-hybridized carbons (Fsp3) is 0.579. The van der Waals surface area contributed by atoms with E-state index in [0.717, 1.165) is 0 Å². The first kappa shape index (κ1) is 19.9. The number of carbonyl (C=O) groups excluding carboxylic acids is 1. The number of pyridine rings is 1. The molecule has 9 nitrogen and oxygen atoms in total. The minimum absolute atomic E-state index is 0.234. The van der Waals surface area contributed by atoms with E-state index in [0.29, 0.717) is 43.0 Å². The molecule has 0 spiro atoms. The molecule has 28 heavy (non-hydrogen) atoms. The van der Waals surface area contributed by atoms with Crippen LogP contribution in [-0.2, 0) is 11.8 Å². The summed E-state index contributed by atoms with van der Waals surface area (Å²) in [4.78, 5) is 43.5. The molecular formula is C19H26N4O5. The van der Waals surface area contributed by atoms with E-state index < -0.39 is 16.7 Å². The quantitative estimate of drug-likeness (QED) is 0.724. The highest BCUT2D eigenvalue weighted by molar-refractivity contribution is 5.71. The van der Waals surface area contributed by atoms with Crippen LogP contribution in [-0.4, -0.2) is 50.9 Å². The van der Waals surface area contributed by atoms with Gasteiger partial charge in [0.15, 0.2) is 5.65 Å². The van der Waals surface area contributed by atoms with Gasteiger partial charge in [0.25, 0.3) is 0 Å². The first-order valence-corrected chi connectivity index (χ1v) is 9.26. The van der Waals surface area contributed by atoms with Crippen molar-refractivity contribution in [1.82, 2.24) is 19.0 Å². The van der Waals surface area contributed by atoms with Crippen molar-refractivity contribution in [3.8, 4) is 5.88 Å². The maximum Gasteiger partial charge on any atom is 0.410 e. The Labute approximate surface area is 162 Å². The number of fused-ring (bicyclic) bond motifs is 1. The molecule has 152 valence electrons. The second-order valence-corrected chi connectivity index (χ2v) is 7.93. The average Bonchev–Trinajstić information content (AvgIpc) is 2.65. The average molecular weight is 390 g/mol. The van der Waals surface area contributed by atoms with Gasteiger partial charge in [-0.05, 0) is 39.7 Å². The van der Waals surface area contributed by atoms with Crippen molar-refractivity contribution in [1.29, 1.82) is 0 Å². The largest absolute Gasteiger partial charge is 0.481 e. The summed E-state index contributed by atoms with van der Waals surface area (Å²) in [7, 11) is 3.05. The van der Waals surface area contributed by atoms with Crippen molar-refractivity contribution in [2.24, 2.45) is 7.05 Å². The van der Waals surface area contributed by atoms with Crippen LogP contribution in [0.4, 0.5) is 4.79 Å². The van der Waals surface area contributed by atoms with Gasteiger partial charge in [-0.2, -0.15) is 4.98 Å². The maximum absolute atomic E-state index is 12.7. The number of rotatable bonds is 2. The van der Waals surface area contributed by atoms with Crippen molar-refractivity contribution in [3.05, 3.63) is 32.8 Å². The van der Waals surface area contributed by atoms with Crippen LogP contribution in [0.3, 0.4) is 0 Å². The second-order valence-electron chi connectivity index (χ2n) is 7.93. The number of piperidine rings is 1. The Morgan fingerprint density at radius 2 is 1.79 bits per heavy atom. The molecule has 0 atom stereocenters. The van der Waals surface area contributed by atoms with E-state index in [9.17, 15) is 14.4 Å². The number of nitrogens with zero attached hydrogens (tertiary/aromatic N) is 4. The molecule has 1 aliphatic heterocycles. The van der Waals surface area contributed by atoms with Crippen LogP contribution in [0.25, 0.3) is 11.2 Å². The standard InChI is InChI=1S/C19H26N4O5/c1-19(2,3)28-18(26)22-10-8-12(9-11-22)23-15-13(6-7-14(20-15)27-5)21(4)16(24)17(23)25/h6-7,12H,8-11H2,1-5H3. The third-order valence-corrected chi connectivity index (χ3v) is 4.82. The summed E-state index contributed by atoms with van der Waals surface area (Å²) in [6.45, 7) is 6.34. The molecule has 0 aliphatic carbocycles. The van der Waals surface area contributed by atoms with Gasteiger partial charge in [0.2, 0.25) is 5.88 Å². The smallest absolute Gasteiger partial charge is 0.410 e. The number of carbonyl (C=O) groups is 1. The number of aromatic nitrogens is 3. The summed E-state index contributed by atoms with van der Waals surface area (Å²) in [6, 6.07) is 3.14. The van der Waals surface area contributed by atoms with Gasteiger partial charge in [0.1, 0.15) is 5.60 Å². The predicted octanol–water partition coefficient (Wildman–Crippen LogP) is 1.68. The molecule has 3 heterocycles. The first-order valence-electron chi connectivity index (χ1n) is 9.26. The summed E-state index contributed by atoms with van der Waals surface area (Å²) < 4.78 is 13.4. The van der Waals surface area contributed by atoms with E-state index >= 15 is 0 Å². The number of methoxy groups -OCH3 is 1. The highest BCUT2D eigenvalue weighted by Gasteiger charge is 2.29. The topological polar surface area (TPSA) is 95.7 Å². The van der Waals surface area contributed by atoms with Crippen LogP contribution in [0, 0.1) is 0 Å². The van der Waals surface area contributed by atoms with Crippen molar-refractivity contribution in [3.63, 3.8) is 0 Å². The Bertz CT molecular complexity index is 1010. The summed E-state index contributed by atoms with van der Waals surface area (Å²) in [5.74, 6) is 0.366. The molecule has 0 radical (unpaired) electrons. The van der Waals surface area contributed by atoms with Crippen LogP contribution in [0.15, 0.2) is 21.7 Å². The Balaban J connectivity index is 1.94. The lowest BCUT2D eigenvalue weighted by Crippen LogP contribution is -2.46. The number of likely N-dealkylation sites (tertiary alicyclic amines) is 1. The van der Waals surface area contributed by atoms with Crippen LogP contribution >= 0.6 is 0 Å². The number of aryl methyl sites for hydroxylation is 1. The van der Waals surface area contributed by atoms with Crippen molar-refractivity contribution < 1.29 is 14.3 Å². The van der Waals surface area contributed by atoms with Crippen molar-refractivity contribution in [2.45, 2.75) is 45.3 Å². The van der Waals surface area contributed by atoms with Crippen LogP contribution in [0.2, 0.25) is 0 Å². The zero-order valence-corrected chi connectivity index (χ0v) is 16.9. The van der Waals surface area contributed by atoms with Crippen LogP contribution in [0.5, 0.6) is 5.88 Å². The summed E-state index contributed by atoms with van der Waals surface area (Å²) in [6.07, 6.45) is 0.688. The Hall–Kier alpha value is -2.84. The molecule has 2 aromatic heterocycles. The molecule has 2 aromatic rings. The molecule has 1 amide bonds. The lowest BCUT2D eigenvalue weighted by Gasteiger charge is -2.34. The zero-order valence-electron chi connectivity index (χ0n) is 16.9. The molecule has 0 saturated carbocycles. The third-order valence-electron chi connectivity index (χ3n) is 4.82. The molecular weight excluding hydrogens is 364 g/mol. The minimum atomic E-state index is -0.619. The third kappa shape index (κ3) is 3.74. The molecule has 1 saturated heterocycles. The van der Waals surface area contributed by atoms with E-state index in [-0.39, 0.29) is 12.1 Å². The fourth-order valence-corrected chi connectivity index (χ4v) is 3.40. The van der Waals surface area contributed by atoms with Crippen molar-refractivity contribution >= 4 is 17.3 Å². The summed E-state index contributed by atoms with van der Waals surface area (Å²) in [5.41, 5.74) is -0.824. The lowest BCUT2D eigenvalue weighted by atomic mass is 10.0. The molecule has 3 rings (SSSR count). The van der Waals surface area contributed by atoms with Gasteiger partial charge in [-0.3, -0.25) is 14.2 Å². The number of amides is 1. The van der Waals surface area contributed by atoms with E-state index in [2.05, 4.69) is 4.98 Å². The van der Waals surface area contributed by atoms with E-state index in [1.165, 1.54) is 16.2 Å². The molecule has 0 unspecified atom stereocenters. The zero-order chi connectivity index (χ0) is 20.6. The van der Waals surface area contributed by atoms with Gasteiger partial charge in [0.05, 0.1) is 12.6 Å². The number of hydrogen-bond donors (Lipinski definition) is 0. The normalized spacial score (nSPS) is 15.7. The Morgan fingerprint density at radius 3 is 2.36 bits per heavy atom. The Morgan fingerprint density at radius 1 is 1.14 bits per heavy atom. The van der Waals surface area contributed by atoms with Gasteiger partial charge in [-0.15, -0.1) is 0 Å². The van der Waals surface area contributed by atoms with Crippen molar-refractivity contribution in [2.75, 3.05) is 20.2 Å². The highest BCUT2D eigenvalue weighted by Crippen LogP contribution is 2.25. The SMILES string of the molecule is COc1ccc2c(n1)n(C1CCN(C(=O)OC(C)(C)C)CC1)c(=O)c(=O)n2C. The molecule has 0 bridgehead atoms. The lowest BCUT2D eigenvalue weighted by molar-refractivity contribution is 0.0188. The summed E-state index contributed by atoms with van der Waals surface area (Å²) in [5, 5.41) is 0. The first-order chi connectivity index (χ1) is 13.1. The maximum atomic E-state index is 12.7. The van der Waals surface area contributed by atoms with Gasteiger partial charge in [0, 0.05) is 32.2 Å². The predicted molar refractivity (Wildman–Crippen MR) is 104 cm³/mol. The van der Waals surface area contributed by atoms with E-state index in [1.54, 1.807) is 24.1 Å². The van der Waals surface area contributed by atoms with Gasteiger partial charge in [-0.1, -0.05) is 0 Å². The van der Waals surface area contributed by atoms with E-state index in [1.807, 2.05) is 20.8 Å². The molecule has 0 N–H and O–H groups in total. The number of ether oxygens (including phenoxy) is 2. The second kappa shape index (κ2) is 7.29. The van der Waals surface area contributed by atoms with Gasteiger partial charge in [-0.25, -0.2) is 4.79 Å². The molecule has 1 aliphatic rings. The molecule has 1 fully saturated rings. The molecule has 0 aromatic carbocycles. The van der Waals surface area contributed by atoms with Crippen LogP contribution < -0.4 is 15.9 Å². The highest BCUT2D eigenvalue weighted by atomic mass is 16.6. The Kier molecular flexibility index (Phi) is 5.18. The van der Waals surface area contributed by atoms with Gasteiger partial charge >= 0.3 is 17.2 Å². The minimum Gasteiger partial charge on any atom is -0.481 e. The fourth-order valence-electron chi connectivity index (χ4n) is 3.40.